The summed E-state index contributed by atoms with van der Waals surface area (Å²) in [5, 5.41) is 13.4. The van der Waals surface area contributed by atoms with Crippen LogP contribution in [0.5, 0.6) is 0 Å². The van der Waals surface area contributed by atoms with Crippen LogP contribution >= 0.6 is 11.8 Å². The Morgan fingerprint density at radius 2 is 1.86 bits per heavy atom. The number of fused-ring (bicyclic) bond motifs is 1. The van der Waals surface area contributed by atoms with E-state index in [1.54, 1.807) is 0 Å². The average molecular weight is 299 g/mol. The van der Waals surface area contributed by atoms with Gasteiger partial charge in [0.05, 0.1) is 12.1 Å². The van der Waals surface area contributed by atoms with E-state index < -0.39 is 0 Å². The third-order valence-corrected chi connectivity index (χ3v) is 5.52. The lowest BCUT2D eigenvalue weighted by Gasteiger charge is -2.31. The molecule has 1 heterocycles. The monoisotopic (exact) mass is 299 g/mol. The van der Waals surface area contributed by atoms with E-state index >= 15 is 0 Å². The van der Waals surface area contributed by atoms with Gasteiger partial charge in [-0.1, -0.05) is 48.5 Å². The molecular formula is C18H21NOS. The van der Waals surface area contributed by atoms with Gasteiger partial charge in [-0.25, -0.2) is 0 Å². The Kier molecular flexibility index (Phi) is 4.34. The van der Waals surface area contributed by atoms with Gasteiger partial charge in [-0.3, -0.25) is 0 Å². The summed E-state index contributed by atoms with van der Waals surface area (Å²) in [5.74, 6) is 1.63. The predicted octanol–water partition coefficient (Wildman–Crippen LogP) is 3.37. The molecule has 0 bridgehead atoms. The first-order chi connectivity index (χ1) is 10.2. The summed E-state index contributed by atoms with van der Waals surface area (Å²) in [5.41, 5.74) is 2.18. The standard InChI is InChI=1S/C18H21NOS/c1-18(13-20,15-7-3-2-4-8-15)19-11-14-12-21-17-10-6-5-9-16(14)17/h2-10,14,19-20H,11-13H2,1H3. The molecule has 0 radical (unpaired) electrons. The molecule has 0 aliphatic carbocycles. The minimum Gasteiger partial charge on any atom is -0.394 e. The number of benzene rings is 2. The van der Waals surface area contributed by atoms with E-state index in [9.17, 15) is 5.11 Å². The second-order valence-electron chi connectivity index (χ2n) is 5.78. The summed E-state index contributed by atoms with van der Waals surface area (Å²) in [4.78, 5) is 1.40. The number of aliphatic hydroxyl groups is 1. The maximum Gasteiger partial charge on any atom is 0.0652 e. The predicted molar refractivity (Wildman–Crippen MR) is 88.8 cm³/mol. The molecule has 1 aliphatic rings. The summed E-state index contributed by atoms with van der Waals surface area (Å²) in [6.45, 7) is 3.05. The van der Waals surface area contributed by atoms with Crippen molar-refractivity contribution in [1.29, 1.82) is 0 Å². The summed E-state index contributed by atoms with van der Waals surface area (Å²) in [6.07, 6.45) is 0. The Morgan fingerprint density at radius 3 is 2.62 bits per heavy atom. The molecule has 0 aromatic heterocycles. The van der Waals surface area contributed by atoms with Gasteiger partial charge in [0, 0.05) is 23.1 Å². The fourth-order valence-corrected chi connectivity index (χ4v) is 4.06. The van der Waals surface area contributed by atoms with Gasteiger partial charge in [-0.15, -0.1) is 11.8 Å². The molecule has 1 aliphatic heterocycles. The summed E-state index contributed by atoms with van der Waals surface area (Å²) >= 11 is 1.93. The fourth-order valence-electron chi connectivity index (χ4n) is 2.80. The van der Waals surface area contributed by atoms with Crippen LogP contribution < -0.4 is 5.32 Å². The molecule has 2 unspecified atom stereocenters. The van der Waals surface area contributed by atoms with Crippen LogP contribution in [-0.4, -0.2) is 24.0 Å². The van der Waals surface area contributed by atoms with Crippen molar-refractivity contribution in [2.24, 2.45) is 0 Å². The van der Waals surface area contributed by atoms with Crippen molar-refractivity contribution in [2.45, 2.75) is 23.3 Å². The SMILES string of the molecule is CC(CO)(NCC1CSc2ccccc21)c1ccccc1. The zero-order chi connectivity index (χ0) is 14.7. The molecule has 3 heteroatoms. The number of rotatable bonds is 5. The van der Waals surface area contributed by atoms with Crippen LogP contribution in [-0.2, 0) is 5.54 Å². The molecule has 0 saturated carbocycles. The average Bonchev–Trinajstić information content (AvgIpc) is 2.97. The Labute approximate surface area is 130 Å². The first kappa shape index (κ1) is 14.6. The van der Waals surface area contributed by atoms with Crippen molar-refractivity contribution in [3.63, 3.8) is 0 Å². The Morgan fingerprint density at radius 1 is 1.14 bits per heavy atom. The van der Waals surface area contributed by atoms with Gasteiger partial charge < -0.3 is 10.4 Å². The first-order valence-corrected chi connectivity index (χ1v) is 8.34. The smallest absolute Gasteiger partial charge is 0.0652 e. The van der Waals surface area contributed by atoms with Crippen LogP contribution in [0.2, 0.25) is 0 Å². The maximum absolute atomic E-state index is 9.84. The second kappa shape index (κ2) is 6.22. The highest BCUT2D eigenvalue weighted by molar-refractivity contribution is 7.99. The van der Waals surface area contributed by atoms with Crippen LogP contribution in [0.15, 0.2) is 59.5 Å². The van der Waals surface area contributed by atoms with Crippen LogP contribution in [0, 0.1) is 0 Å². The van der Waals surface area contributed by atoms with Gasteiger partial charge in [0.2, 0.25) is 0 Å². The largest absolute Gasteiger partial charge is 0.394 e. The van der Waals surface area contributed by atoms with E-state index in [1.165, 1.54) is 10.5 Å². The molecular weight excluding hydrogens is 278 g/mol. The van der Waals surface area contributed by atoms with Gasteiger partial charge in [0.1, 0.15) is 0 Å². The van der Waals surface area contributed by atoms with E-state index in [4.69, 9.17) is 0 Å². The molecule has 2 N–H and O–H groups in total. The van der Waals surface area contributed by atoms with Crippen LogP contribution in [0.25, 0.3) is 0 Å². The molecule has 0 amide bonds. The van der Waals surface area contributed by atoms with Gasteiger partial charge in [-0.05, 0) is 24.1 Å². The lowest BCUT2D eigenvalue weighted by Crippen LogP contribution is -2.44. The molecule has 21 heavy (non-hydrogen) atoms. The highest BCUT2D eigenvalue weighted by atomic mass is 32.2. The van der Waals surface area contributed by atoms with Crippen molar-refractivity contribution in [3.8, 4) is 0 Å². The van der Waals surface area contributed by atoms with Gasteiger partial charge in [-0.2, -0.15) is 0 Å². The maximum atomic E-state index is 9.84. The lowest BCUT2D eigenvalue weighted by atomic mass is 9.91. The highest BCUT2D eigenvalue weighted by Gasteiger charge is 2.29. The number of nitrogens with one attached hydrogen (secondary N) is 1. The molecule has 2 nitrogen and oxygen atoms in total. The summed E-state index contributed by atoms with van der Waals surface area (Å²) in [6, 6.07) is 18.8. The molecule has 0 spiro atoms. The Hall–Kier alpha value is -1.29. The Bertz CT molecular complexity index is 601. The van der Waals surface area contributed by atoms with Crippen molar-refractivity contribution in [1.82, 2.24) is 5.32 Å². The van der Waals surface area contributed by atoms with Crippen molar-refractivity contribution in [2.75, 3.05) is 18.9 Å². The normalized spacial score (nSPS) is 20.0. The highest BCUT2D eigenvalue weighted by Crippen LogP contribution is 2.39. The lowest BCUT2D eigenvalue weighted by molar-refractivity contribution is 0.174. The first-order valence-electron chi connectivity index (χ1n) is 7.36. The topological polar surface area (TPSA) is 32.3 Å². The zero-order valence-electron chi connectivity index (χ0n) is 12.3. The second-order valence-corrected chi connectivity index (χ2v) is 6.84. The van der Waals surface area contributed by atoms with Crippen molar-refractivity contribution in [3.05, 3.63) is 65.7 Å². The van der Waals surface area contributed by atoms with E-state index in [-0.39, 0.29) is 12.1 Å². The van der Waals surface area contributed by atoms with Crippen LogP contribution in [0.3, 0.4) is 0 Å². The quantitative estimate of drug-likeness (QED) is 0.888. The van der Waals surface area contributed by atoms with Crippen LogP contribution in [0.4, 0.5) is 0 Å². The fraction of sp³-hybridized carbons (Fsp3) is 0.333. The minimum absolute atomic E-state index is 0.0958. The van der Waals surface area contributed by atoms with Gasteiger partial charge >= 0.3 is 0 Å². The minimum atomic E-state index is -0.385. The van der Waals surface area contributed by atoms with Gasteiger partial charge in [0.15, 0.2) is 0 Å². The zero-order valence-corrected chi connectivity index (χ0v) is 13.1. The van der Waals surface area contributed by atoms with Crippen molar-refractivity contribution >= 4 is 11.8 Å². The third-order valence-electron chi connectivity index (χ3n) is 4.26. The number of aliphatic hydroxyl groups excluding tert-OH is 1. The van der Waals surface area contributed by atoms with E-state index in [1.807, 2.05) is 30.0 Å². The van der Waals surface area contributed by atoms with Crippen LogP contribution in [0.1, 0.15) is 24.0 Å². The molecule has 2 aromatic rings. The molecule has 0 fully saturated rings. The number of thioether (sulfide) groups is 1. The summed E-state index contributed by atoms with van der Waals surface area (Å²) < 4.78 is 0. The molecule has 110 valence electrons. The molecule has 0 saturated heterocycles. The van der Waals surface area contributed by atoms with Gasteiger partial charge in [0.25, 0.3) is 0 Å². The molecule has 2 atom stereocenters. The number of hydrogen-bond acceptors (Lipinski definition) is 3. The number of hydrogen-bond donors (Lipinski definition) is 2. The Balaban J connectivity index is 1.72. The third kappa shape index (κ3) is 3.00. The summed E-state index contributed by atoms with van der Waals surface area (Å²) in [7, 11) is 0. The molecule has 2 aromatic carbocycles. The molecule has 3 rings (SSSR count). The van der Waals surface area contributed by atoms with Crippen molar-refractivity contribution < 1.29 is 5.11 Å². The van der Waals surface area contributed by atoms with E-state index in [2.05, 4.69) is 48.6 Å². The van der Waals surface area contributed by atoms with E-state index in [0.717, 1.165) is 17.9 Å². The van der Waals surface area contributed by atoms with E-state index in [0.29, 0.717) is 5.92 Å².